The summed E-state index contributed by atoms with van der Waals surface area (Å²) >= 11 is 5.69. The second-order valence-corrected chi connectivity index (χ2v) is 3.90. The molecule has 0 spiro atoms. The molecule has 0 saturated heterocycles. The highest BCUT2D eigenvalue weighted by Gasteiger charge is 2.03. The Morgan fingerprint density at radius 3 is 2.67 bits per heavy atom. The van der Waals surface area contributed by atoms with Gasteiger partial charge in [-0.25, -0.2) is 4.39 Å². The third-order valence-corrected chi connectivity index (χ3v) is 2.47. The van der Waals surface area contributed by atoms with Gasteiger partial charge in [0.15, 0.2) is 0 Å². The van der Waals surface area contributed by atoms with Crippen molar-refractivity contribution >= 4 is 11.6 Å². The zero-order valence-corrected chi connectivity index (χ0v) is 9.01. The van der Waals surface area contributed by atoms with Crippen molar-refractivity contribution < 1.29 is 8.81 Å². The van der Waals surface area contributed by atoms with Crippen LogP contribution in [0.5, 0.6) is 0 Å². The minimum atomic E-state index is -0.385. The molecule has 0 radical (unpaired) electrons. The van der Waals surface area contributed by atoms with E-state index in [0.717, 1.165) is 16.9 Å². The molecule has 15 heavy (non-hydrogen) atoms. The van der Waals surface area contributed by atoms with Gasteiger partial charge >= 0.3 is 0 Å². The van der Waals surface area contributed by atoms with E-state index in [9.17, 15) is 4.39 Å². The molecule has 1 aromatic carbocycles. The number of benzene rings is 1. The molecule has 0 fully saturated rings. The molecule has 0 aliphatic rings. The van der Waals surface area contributed by atoms with E-state index < -0.39 is 0 Å². The fourth-order valence-corrected chi connectivity index (χ4v) is 1.68. The lowest BCUT2D eigenvalue weighted by Crippen LogP contribution is -1.87. The van der Waals surface area contributed by atoms with Crippen LogP contribution in [0.25, 0.3) is 0 Å². The molecule has 78 valence electrons. The van der Waals surface area contributed by atoms with Gasteiger partial charge in [0.2, 0.25) is 0 Å². The Morgan fingerprint density at radius 1 is 1.27 bits per heavy atom. The first-order valence-electron chi connectivity index (χ1n) is 4.63. The van der Waals surface area contributed by atoms with Crippen LogP contribution in [0.15, 0.2) is 34.9 Å². The van der Waals surface area contributed by atoms with Gasteiger partial charge in [-0.2, -0.15) is 0 Å². The molecule has 0 aliphatic heterocycles. The maximum atomic E-state index is 12.9. The third-order valence-electron chi connectivity index (χ3n) is 2.18. The fourth-order valence-electron chi connectivity index (χ4n) is 1.48. The van der Waals surface area contributed by atoms with Gasteiger partial charge in [-0.05, 0) is 36.2 Å². The largest absolute Gasteiger partial charge is 0.469 e. The van der Waals surface area contributed by atoms with Crippen LogP contribution in [-0.2, 0) is 6.42 Å². The predicted molar refractivity (Wildman–Crippen MR) is 57.7 cm³/mol. The van der Waals surface area contributed by atoms with E-state index >= 15 is 0 Å². The van der Waals surface area contributed by atoms with Gasteiger partial charge in [-0.15, -0.1) is 0 Å². The van der Waals surface area contributed by atoms with Crippen LogP contribution < -0.4 is 0 Å². The van der Waals surface area contributed by atoms with Crippen LogP contribution in [0.3, 0.4) is 0 Å². The highest BCUT2D eigenvalue weighted by molar-refractivity contribution is 6.30. The van der Waals surface area contributed by atoms with Gasteiger partial charge in [-0.1, -0.05) is 17.7 Å². The molecule has 1 aromatic heterocycles. The number of halogens is 2. The Balaban J connectivity index is 2.21. The molecule has 3 heteroatoms. The summed E-state index contributed by atoms with van der Waals surface area (Å²) in [5.41, 5.74) is 2.04. The fraction of sp³-hybridized carbons (Fsp3) is 0.167. The van der Waals surface area contributed by atoms with Crippen molar-refractivity contribution in [1.82, 2.24) is 0 Å². The molecule has 1 nitrogen and oxygen atoms in total. The van der Waals surface area contributed by atoms with Crippen LogP contribution >= 0.6 is 11.6 Å². The molecule has 0 N–H and O–H groups in total. The Bertz CT molecular complexity index is 476. The van der Waals surface area contributed by atoms with Crippen molar-refractivity contribution in [1.29, 1.82) is 0 Å². The SMILES string of the molecule is Cc1cc(Cc2ccc(F)c(Cl)c2)co1. The molecular weight excluding hydrogens is 215 g/mol. The van der Waals surface area contributed by atoms with Crippen LogP contribution in [0.4, 0.5) is 4.39 Å². The Labute approximate surface area is 92.5 Å². The monoisotopic (exact) mass is 224 g/mol. The number of aryl methyl sites for hydroxylation is 1. The van der Waals surface area contributed by atoms with Gasteiger partial charge in [0, 0.05) is 6.42 Å². The molecule has 0 saturated carbocycles. The summed E-state index contributed by atoms with van der Waals surface area (Å²) in [7, 11) is 0. The first kappa shape index (κ1) is 10.2. The van der Waals surface area contributed by atoms with Crippen LogP contribution in [0.1, 0.15) is 16.9 Å². The predicted octanol–water partition coefficient (Wildman–Crippen LogP) is 3.97. The molecule has 2 rings (SSSR count). The first-order valence-corrected chi connectivity index (χ1v) is 5.01. The minimum Gasteiger partial charge on any atom is -0.469 e. The molecular formula is C12H10ClFO. The summed E-state index contributed by atoms with van der Waals surface area (Å²) in [5.74, 6) is 0.488. The Hall–Kier alpha value is -1.28. The summed E-state index contributed by atoms with van der Waals surface area (Å²) in [6.45, 7) is 1.89. The molecule has 2 aromatic rings. The first-order chi connectivity index (χ1) is 7.15. The maximum absolute atomic E-state index is 12.9. The van der Waals surface area contributed by atoms with Gasteiger partial charge in [0.05, 0.1) is 11.3 Å². The highest BCUT2D eigenvalue weighted by atomic mass is 35.5. The smallest absolute Gasteiger partial charge is 0.141 e. The quantitative estimate of drug-likeness (QED) is 0.752. The summed E-state index contributed by atoms with van der Waals surface area (Å²) in [6.07, 6.45) is 2.41. The van der Waals surface area contributed by atoms with Crippen molar-refractivity contribution in [3.63, 3.8) is 0 Å². The van der Waals surface area contributed by atoms with E-state index in [-0.39, 0.29) is 10.8 Å². The van der Waals surface area contributed by atoms with E-state index in [1.54, 1.807) is 18.4 Å². The van der Waals surface area contributed by atoms with Crippen molar-refractivity contribution in [3.05, 3.63) is 58.3 Å². The Morgan fingerprint density at radius 2 is 2.07 bits per heavy atom. The van der Waals surface area contributed by atoms with E-state index in [1.165, 1.54) is 6.07 Å². The van der Waals surface area contributed by atoms with E-state index in [1.807, 2.05) is 13.0 Å². The van der Waals surface area contributed by atoms with Crippen LogP contribution in [0, 0.1) is 12.7 Å². The zero-order valence-electron chi connectivity index (χ0n) is 8.26. The number of rotatable bonds is 2. The summed E-state index contributed by atoms with van der Waals surface area (Å²) in [4.78, 5) is 0. The van der Waals surface area contributed by atoms with Gasteiger partial charge in [0.1, 0.15) is 11.6 Å². The van der Waals surface area contributed by atoms with Crippen LogP contribution in [-0.4, -0.2) is 0 Å². The molecule has 1 heterocycles. The van der Waals surface area contributed by atoms with Crippen molar-refractivity contribution in [2.24, 2.45) is 0 Å². The van der Waals surface area contributed by atoms with E-state index in [0.29, 0.717) is 6.42 Å². The van der Waals surface area contributed by atoms with Gasteiger partial charge < -0.3 is 4.42 Å². The Kier molecular flexibility index (Phi) is 2.78. The summed E-state index contributed by atoms with van der Waals surface area (Å²) in [5, 5.41) is 0.160. The van der Waals surface area contributed by atoms with E-state index in [4.69, 9.17) is 16.0 Å². The second-order valence-electron chi connectivity index (χ2n) is 3.49. The highest BCUT2D eigenvalue weighted by Crippen LogP contribution is 2.19. The molecule has 0 amide bonds. The molecule has 0 aliphatic carbocycles. The lowest BCUT2D eigenvalue weighted by molar-refractivity contribution is 0.532. The van der Waals surface area contributed by atoms with Crippen LogP contribution in [0.2, 0.25) is 5.02 Å². The molecule has 0 bridgehead atoms. The van der Waals surface area contributed by atoms with Crippen molar-refractivity contribution in [3.8, 4) is 0 Å². The number of furan rings is 1. The topological polar surface area (TPSA) is 13.1 Å². The van der Waals surface area contributed by atoms with Gasteiger partial charge in [-0.3, -0.25) is 0 Å². The van der Waals surface area contributed by atoms with Crippen molar-refractivity contribution in [2.75, 3.05) is 0 Å². The second kappa shape index (κ2) is 4.07. The van der Waals surface area contributed by atoms with Crippen molar-refractivity contribution in [2.45, 2.75) is 13.3 Å². The third kappa shape index (κ3) is 2.39. The zero-order chi connectivity index (χ0) is 10.8. The molecule has 0 unspecified atom stereocenters. The summed E-state index contributed by atoms with van der Waals surface area (Å²) < 4.78 is 18.1. The summed E-state index contributed by atoms with van der Waals surface area (Å²) in [6, 6.07) is 6.70. The lowest BCUT2D eigenvalue weighted by Gasteiger charge is -2.00. The molecule has 0 atom stereocenters. The van der Waals surface area contributed by atoms with Gasteiger partial charge in [0.25, 0.3) is 0 Å². The number of hydrogen-bond acceptors (Lipinski definition) is 1. The average molecular weight is 225 g/mol. The average Bonchev–Trinajstić information content (AvgIpc) is 2.58. The number of hydrogen-bond donors (Lipinski definition) is 0. The minimum absolute atomic E-state index is 0.160. The maximum Gasteiger partial charge on any atom is 0.141 e. The normalized spacial score (nSPS) is 10.6. The lowest BCUT2D eigenvalue weighted by atomic mass is 10.1. The van der Waals surface area contributed by atoms with E-state index in [2.05, 4.69) is 0 Å². The standard InChI is InChI=1S/C12H10ClFO/c1-8-4-10(7-15-8)5-9-2-3-12(14)11(13)6-9/h2-4,6-7H,5H2,1H3.